The number of rotatable bonds is 2. The zero-order valence-corrected chi connectivity index (χ0v) is 18.0. The van der Waals surface area contributed by atoms with E-state index in [1.807, 2.05) is 54.5 Å². The third kappa shape index (κ3) is 2.57. The SMILES string of the molecule is Cn1cc([C@@H]2N(C(=O)c3cccc4c3NCCC4)CC[C@]23C(=O)Nc2ccccc23)cn1. The minimum atomic E-state index is -0.822. The fraction of sp³-hybridized carbons (Fsp3) is 0.320. The predicted molar refractivity (Wildman–Crippen MR) is 122 cm³/mol. The molecule has 0 bridgehead atoms. The van der Waals surface area contributed by atoms with E-state index in [0.717, 1.165) is 41.9 Å². The Hall–Kier alpha value is -3.61. The number of benzene rings is 2. The molecular formula is C25H25N5O2. The van der Waals surface area contributed by atoms with Gasteiger partial charge < -0.3 is 15.5 Å². The summed E-state index contributed by atoms with van der Waals surface area (Å²) >= 11 is 0. The van der Waals surface area contributed by atoms with Crippen LogP contribution in [-0.4, -0.2) is 39.6 Å². The smallest absolute Gasteiger partial charge is 0.256 e. The van der Waals surface area contributed by atoms with Gasteiger partial charge in [-0.15, -0.1) is 0 Å². The highest BCUT2D eigenvalue weighted by Crippen LogP contribution is 2.55. The number of aryl methyl sites for hydroxylation is 2. The number of hydrogen-bond acceptors (Lipinski definition) is 4. The van der Waals surface area contributed by atoms with Gasteiger partial charge in [-0.2, -0.15) is 5.10 Å². The average Bonchev–Trinajstić information content (AvgIpc) is 3.50. The average molecular weight is 428 g/mol. The minimum absolute atomic E-state index is 0.0424. The lowest BCUT2D eigenvalue weighted by atomic mass is 9.73. The number of anilines is 2. The van der Waals surface area contributed by atoms with Gasteiger partial charge in [0.15, 0.2) is 0 Å². The van der Waals surface area contributed by atoms with Crippen LogP contribution in [0.3, 0.4) is 0 Å². The van der Waals surface area contributed by atoms with Crippen LogP contribution in [-0.2, 0) is 23.7 Å². The predicted octanol–water partition coefficient (Wildman–Crippen LogP) is 3.26. The molecular weight excluding hydrogens is 402 g/mol. The van der Waals surface area contributed by atoms with Gasteiger partial charge in [0.1, 0.15) is 5.41 Å². The second-order valence-electron chi connectivity index (χ2n) is 8.94. The number of nitrogens with one attached hydrogen (secondary N) is 2. The molecule has 162 valence electrons. The van der Waals surface area contributed by atoms with Gasteiger partial charge >= 0.3 is 0 Å². The molecule has 2 aromatic carbocycles. The molecule has 1 spiro atoms. The van der Waals surface area contributed by atoms with Gasteiger partial charge in [0, 0.05) is 37.6 Å². The van der Waals surface area contributed by atoms with E-state index >= 15 is 0 Å². The molecule has 1 saturated heterocycles. The summed E-state index contributed by atoms with van der Waals surface area (Å²) in [6.45, 7) is 1.37. The molecule has 2 amide bonds. The van der Waals surface area contributed by atoms with E-state index in [-0.39, 0.29) is 11.8 Å². The van der Waals surface area contributed by atoms with Crippen molar-refractivity contribution in [1.29, 1.82) is 0 Å². The fourth-order valence-corrected chi connectivity index (χ4v) is 5.79. The van der Waals surface area contributed by atoms with E-state index in [9.17, 15) is 9.59 Å². The van der Waals surface area contributed by atoms with Gasteiger partial charge in [0.25, 0.3) is 5.91 Å². The number of hydrogen-bond donors (Lipinski definition) is 2. The summed E-state index contributed by atoms with van der Waals surface area (Å²) in [6, 6.07) is 13.4. The molecule has 0 saturated carbocycles. The van der Waals surface area contributed by atoms with Gasteiger partial charge in [0.2, 0.25) is 5.91 Å². The number of carbonyl (C=O) groups is 2. The highest BCUT2D eigenvalue weighted by molar-refractivity contribution is 6.09. The Balaban J connectivity index is 1.50. The Morgan fingerprint density at radius 1 is 1.19 bits per heavy atom. The van der Waals surface area contributed by atoms with Crippen molar-refractivity contribution in [2.45, 2.75) is 30.7 Å². The number of carbonyl (C=O) groups excluding carboxylic acids is 2. The molecule has 3 aliphatic heterocycles. The van der Waals surface area contributed by atoms with Crippen LogP contribution in [0.2, 0.25) is 0 Å². The van der Waals surface area contributed by atoms with E-state index in [1.165, 1.54) is 5.56 Å². The molecule has 3 aliphatic rings. The van der Waals surface area contributed by atoms with Crippen LogP contribution in [0.5, 0.6) is 0 Å². The molecule has 0 unspecified atom stereocenters. The number of fused-ring (bicyclic) bond motifs is 3. The first-order chi connectivity index (χ1) is 15.6. The maximum absolute atomic E-state index is 14.0. The largest absolute Gasteiger partial charge is 0.384 e. The van der Waals surface area contributed by atoms with Crippen molar-refractivity contribution in [3.05, 3.63) is 77.1 Å². The zero-order valence-electron chi connectivity index (χ0n) is 18.0. The second-order valence-corrected chi connectivity index (χ2v) is 8.94. The first-order valence-corrected chi connectivity index (χ1v) is 11.2. The summed E-state index contributed by atoms with van der Waals surface area (Å²) < 4.78 is 1.73. The van der Waals surface area contributed by atoms with Crippen molar-refractivity contribution >= 4 is 23.2 Å². The lowest BCUT2D eigenvalue weighted by Gasteiger charge is -2.34. The van der Waals surface area contributed by atoms with Gasteiger partial charge in [0.05, 0.1) is 23.5 Å². The molecule has 6 rings (SSSR count). The third-order valence-corrected chi connectivity index (χ3v) is 7.19. The van der Waals surface area contributed by atoms with E-state index in [4.69, 9.17) is 0 Å². The van der Waals surface area contributed by atoms with Gasteiger partial charge in [-0.1, -0.05) is 30.3 Å². The van der Waals surface area contributed by atoms with Crippen molar-refractivity contribution in [2.75, 3.05) is 23.7 Å². The van der Waals surface area contributed by atoms with Crippen molar-refractivity contribution in [3.8, 4) is 0 Å². The molecule has 32 heavy (non-hydrogen) atoms. The van der Waals surface area contributed by atoms with Crippen LogP contribution in [0.25, 0.3) is 0 Å². The summed E-state index contributed by atoms with van der Waals surface area (Å²) in [5, 5.41) is 10.9. The highest BCUT2D eigenvalue weighted by atomic mass is 16.2. The van der Waals surface area contributed by atoms with Gasteiger partial charge in [-0.25, -0.2) is 0 Å². The highest BCUT2D eigenvalue weighted by Gasteiger charge is 2.59. The summed E-state index contributed by atoms with van der Waals surface area (Å²) in [7, 11) is 1.86. The van der Waals surface area contributed by atoms with Crippen molar-refractivity contribution < 1.29 is 9.59 Å². The first-order valence-electron chi connectivity index (χ1n) is 11.2. The third-order valence-electron chi connectivity index (χ3n) is 7.19. The van der Waals surface area contributed by atoms with Crippen LogP contribution in [0.15, 0.2) is 54.9 Å². The van der Waals surface area contributed by atoms with Gasteiger partial charge in [-0.05, 0) is 42.5 Å². The van der Waals surface area contributed by atoms with Crippen molar-refractivity contribution in [3.63, 3.8) is 0 Å². The molecule has 0 radical (unpaired) electrons. The molecule has 2 N–H and O–H groups in total. The van der Waals surface area contributed by atoms with Crippen LogP contribution in [0, 0.1) is 0 Å². The lowest BCUT2D eigenvalue weighted by molar-refractivity contribution is -0.121. The monoisotopic (exact) mass is 427 g/mol. The van der Waals surface area contributed by atoms with Crippen LogP contribution in [0.1, 0.15) is 45.9 Å². The Kier molecular flexibility index (Phi) is 4.15. The van der Waals surface area contributed by atoms with Crippen LogP contribution in [0.4, 0.5) is 11.4 Å². The summed E-state index contributed by atoms with van der Waals surface area (Å²) in [4.78, 5) is 29.4. The molecule has 1 fully saturated rings. The Morgan fingerprint density at radius 2 is 2.06 bits per heavy atom. The number of amides is 2. The number of nitrogens with zero attached hydrogens (tertiary/aromatic N) is 3. The summed E-state index contributed by atoms with van der Waals surface area (Å²) in [5.74, 6) is -0.0878. The van der Waals surface area contributed by atoms with Gasteiger partial charge in [-0.3, -0.25) is 14.3 Å². The quantitative estimate of drug-likeness (QED) is 0.658. The summed E-state index contributed by atoms with van der Waals surface area (Å²) in [6.07, 6.45) is 6.31. The second kappa shape index (κ2) is 6.95. The molecule has 7 heteroatoms. The molecule has 1 aromatic heterocycles. The fourth-order valence-electron chi connectivity index (χ4n) is 5.79. The maximum Gasteiger partial charge on any atom is 0.256 e. The molecule has 2 atom stereocenters. The topological polar surface area (TPSA) is 79.3 Å². The Labute approximate surface area is 186 Å². The van der Waals surface area contributed by atoms with Crippen LogP contribution >= 0.6 is 0 Å². The molecule has 4 heterocycles. The van der Waals surface area contributed by atoms with E-state index < -0.39 is 11.5 Å². The van der Waals surface area contributed by atoms with Crippen molar-refractivity contribution in [1.82, 2.24) is 14.7 Å². The van der Waals surface area contributed by atoms with Crippen molar-refractivity contribution in [2.24, 2.45) is 7.05 Å². The number of likely N-dealkylation sites (tertiary alicyclic amines) is 1. The van der Waals surface area contributed by atoms with Crippen LogP contribution < -0.4 is 10.6 Å². The van der Waals surface area contributed by atoms with E-state index in [1.54, 1.807) is 10.9 Å². The standard InChI is InChI=1S/C25H25N5O2/c1-29-15-17(14-27-29)22-25(19-9-2-3-10-20(19)28-24(25)32)11-13-30(22)23(31)18-8-4-6-16-7-5-12-26-21(16)18/h2-4,6,8-10,14-15,22,26H,5,7,11-13H2,1H3,(H,28,32)/t22-,25+/m0/s1. The molecule has 3 aromatic rings. The van der Waals surface area contributed by atoms with E-state index in [0.29, 0.717) is 18.5 Å². The lowest BCUT2D eigenvalue weighted by Crippen LogP contribution is -2.42. The van der Waals surface area contributed by atoms with E-state index in [2.05, 4.69) is 21.8 Å². The maximum atomic E-state index is 14.0. The summed E-state index contributed by atoms with van der Waals surface area (Å²) in [5.41, 5.74) is 4.64. The molecule has 0 aliphatic carbocycles. The molecule has 7 nitrogen and oxygen atoms in total. The number of para-hydroxylation sites is 2. The normalized spacial score (nSPS) is 23.6. The first kappa shape index (κ1) is 19.1. The Bertz CT molecular complexity index is 1250. The minimum Gasteiger partial charge on any atom is -0.384 e. The zero-order chi connectivity index (χ0) is 21.9. The number of aromatic nitrogens is 2. The Morgan fingerprint density at radius 3 is 2.91 bits per heavy atom.